The summed E-state index contributed by atoms with van der Waals surface area (Å²) in [5.41, 5.74) is 0. The first-order valence-electron chi connectivity index (χ1n) is 9.11. The predicted octanol–water partition coefficient (Wildman–Crippen LogP) is 3.71. The first-order chi connectivity index (χ1) is 11.9. The minimum atomic E-state index is -0.821. The van der Waals surface area contributed by atoms with Crippen molar-refractivity contribution in [2.45, 2.75) is 71.3 Å². The van der Waals surface area contributed by atoms with Crippen LogP contribution in [0.2, 0.25) is 0 Å². The highest BCUT2D eigenvalue weighted by atomic mass is 16.4. The van der Waals surface area contributed by atoms with Gasteiger partial charge in [-0.1, -0.05) is 50.5 Å². The van der Waals surface area contributed by atoms with Crippen molar-refractivity contribution in [3.05, 3.63) is 24.3 Å². The van der Waals surface area contributed by atoms with Crippen molar-refractivity contribution in [2.75, 3.05) is 0 Å². The highest BCUT2D eigenvalue weighted by molar-refractivity contribution is 5.83. The monoisotopic (exact) mass is 352 g/mol. The number of unbranched alkanes of at least 4 members (excludes halogenated alkanes) is 3. The van der Waals surface area contributed by atoms with Gasteiger partial charge in [0, 0.05) is 18.3 Å². The zero-order valence-corrected chi connectivity index (χ0v) is 15.4. The van der Waals surface area contributed by atoms with Gasteiger partial charge in [-0.05, 0) is 32.6 Å². The van der Waals surface area contributed by atoms with Crippen LogP contribution in [0.3, 0.4) is 0 Å². The fraction of sp³-hybridized carbons (Fsp3) is 0.650. The Bertz CT molecular complexity index is 453. The molecule has 2 N–H and O–H groups in total. The average molecular weight is 352 g/mol. The summed E-state index contributed by atoms with van der Waals surface area (Å²) in [6.45, 7) is 3.55. The van der Waals surface area contributed by atoms with Crippen molar-refractivity contribution in [1.29, 1.82) is 0 Å². The lowest BCUT2D eigenvalue weighted by molar-refractivity contribution is -0.137. The molecule has 0 fully saturated rings. The first kappa shape index (κ1) is 23.2. The zero-order chi connectivity index (χ0) is 19.1. The lowest BCUT2D eigenvalue weighted by Gasteiger charge is -2.16. The smallest absolute Gasteiger partial charge is 0.303 e. The molecule has 142 valence electrons. The van der Waals surface area contributed by atoms with E-state index in [1.807, 2.05) is 12.2 Å². The number of hydrogen-bond donors (Lipinski definition) is 2. The SMILES string of the molecule is CCCCCC(O)/C=C/C(C(C)=O)[C@H](C=O)C/C=C\CCCC(=O)O. The Hall–Kier alpha value is -1.75. The number of rotatable bonds is 15. The van der Waals surface area contributed by atoms with Crippen molar-refractivity contribution in [2.24, 2.45) is 11.8 Å². The van der Waals surface area contributed by atoms with E-state index in [4.69, 9.17) is 5.11 Å². The molecule has 5 heteroatoms. The van der Waals surface area contributed by atoms with E-state index in [0.717, 1.165) is 25.5 Å². The number of Topliss-reactive ketones (excluding diaryl/α,β-unsaturated/α-hetero) is 1. The molecule has 3 atom stereocenters. The molecule has 0 aromatic rings. The molecule has 0 aliphatic heterocycles. The van der Waals surface area contributed by atoms with Crippen LogP contribution in [0.1, 0.15) is 65.2 Å². The third kappa shape index (κ3) is 12.3. The zero-order valence-electron chi connectivity index (χ0n) is 15.4. The van der Waals surface area contributed by atoms with Gasteiger partial charge in [0.1, 0.15) is 12.1 Å². The number of allylic oxidation sites excluding steroid dienone is 3. The van der Waals surface area contributed by atoms with E-state index < -0.39 is 23.9 Å². The van der Waals surface area contributed by atoms with E-state index >= 15 is 0 Å². The third-order valence-corrected chi connectivity index (χ3v) is 4.09. The number of aldehydes is 1. The summed E-state index contributed by atoms with van der Waals surface area (Å²) in [7, 11) is 0. The Labute approximate surface area is 150 Å². The van der Waals surface area contributed by atoms with Gasteiger partial charge in [-0.25, -0.2) is 0 Å². The topological polar surface area (TPSA) is 91.7 Å². The summed E-state index contributed by atoms with van der Waals surface area (Å²) in [4.78, 5) is 33.6. The van der Waals surface area contributed by atoms with Gasteiger partial charge in [-0.2, -0.15) is 0 Å². The minimum absolute atomic E-state index is 0.103. The molecule has 0 spiro atoms. The van der Waals surface area contributed by atoms with Gasteiger partial charge in [0.05, 0.1) is 6.10 Å². The standard InChI is InChI=1S/C20H32O5/c1-3-4-7-11-18(23)13-14-19(16(2)22)17(15-21)10-8-5-6-9-12-20(24)25/h5,8,13-15,17-19,23H,3-4,6-7,9-12H2,1-2H3,(H,24,25)/b8-5-,14-13+/t17-,18?,19?/m0/s1. The maximum Gasteiger partial charge on any atom is 0.303 e. The second-order valence-electron chi connectivity index (χ2n) is 6.38. The van der Waals surface area contributed by atoms with Gasteiger partial charge in [0.15, 0.2) is 0 Å². The van der Waals surface area contributed by atoms with Gasteiger partial charge < -0.3 is 15.0 Å². The van der Waals surface area contributed by atoms with Crippen LogP contribution < -0.4 is 0 Å². The molecule has 0 saturated heterocycles. The van der Waals surface area contributed by atoms with Crippen LogP contribution in [0.5, 0.6) is 0 Å². The molecule has 0 radical (unpaired) electrons. The third-order valence-electron chi connectivity index (χ3n) is 4.09. The van der Waals surface area contributed by atoms with Crippen LogP contribution in [-0.4, -0.2) is 34.4 Å². The van der Waals surface area contributed by atoms with E-state index in [-0.39, 0.29) is 12.2 Å². The first-order valence-corrected chi connectivity index (χ1v) is 9.11. The molecule has 0 saturated carbocycles. The summed E-state index contributed by atoms with van der Waals surface area (Å²) in [5.74, 6) is -1.93. The van der Waals surface area contributed by atoms with Gasteiger partial charge in [0.25, 0.3) is 0 Å². The molecule has 0 aromatic heterocycles. The maximum atomic E-state index is 11.8. The summed E-state index contributed by atoms with van der Waals surface area (Å²) in [5, 5.41) is 18.5. The molecule has 0 rings (SSSR count). The molecule has 0 aliphatic rings. The molecule has 25 heavy (non-hydrogen) atoms. The number of carboxylic acids is 1. The quantitative estimate of drug-likeness (QED) is 0.266. The van der Waals surface area contributed by atoms with Crippen LogP contribution in [0.25, 0.3) is 0 Å². The second kappa shape index (κ2) is 14.6. The molecule has 2 unspecified atom stereocenters. The summed E-state index contributed by atoms with van der Waals surface area (Å²) in [6, 6.07) is 0. The van der Waals surface area contributed by atoms with E-state index in [1.54, 1.807) is 12.2 Å². The maximum absolute atomic E-state index is 11.8. The molecule has 0 aliphatic carbocycles. The Morgan fingerprint density at radius 3 is 2.36 bits per heavy atom. The van der Waals surface area contributed by atoms with Crippen molar-refractivity contribution < 1.29 is 24.6 Å². The van der Waals surface area contributed by atoms with Gasteiger partial charge >= 0.3 is 5.97 Å². The molecule has 0 heterocycles. The van der Waals surface area contributed by atoms with Crippen molar-refractivity contribution in [3.63, 3.8) is 0 Å². The average Bonchev–Trinajstić information content (AvgIpc) is 2.55. The second-order valence-corrected chi connectivity index (χ2v) is 6.38. The number of aliphatic carboxylic acids is 1. The normalized spacial score (nSPS) is 15.3. The predicted molar refractivity (Wildman–Crippen MR) is 98.3 cm³/mol. The lowest BCUT2D eigenvalue weighted by atomic mass is 9.86. The van der Waals surface area contributed by atoms with E-state index in [0.29, 0.717) is 25.7 Å². The Balaban J connectivity index is 4.53. The van der Waals surface area contributed by atoms with Crippen LogP contribution in [-0.2, 0) is 14.4 Å². The Kier molecular flexibility index (Phi) is 13.6. The van der Waals surface area contributed by atoms with Crippen molar-refractivity contribution >= 4 is 18.0 Å². The van der Waals surface area contributed by atoms with E-state index in [9.17, 15) is 19.5 Å². The van der Waals surface area contributed by atoms with Crippen LogP contribution in [0, 0.1) is 11.8 Å². The molecule has 0 aromatic carbocycles. The molecule has 0 bridgehead atoms. The number of aliphatic hydroxyl groups excluding tert-OH is 1. The largest absolute Gasteiger partial charge is 0.481 e. The number of ketones is 1. The fourth-order valence-corrected chi connectivity index (χ4v) is 2.56. The number of carboxylic acid groups (broad SMARTS) is 1. The summed E-state index contributed by atoms with van der Waals surface area (Å²) in [6.07, 6.45) is 12.6. The number of hydrogen-bond acceptors (Lipinski definition) is 4. The minimum Gasteiger partial charge on any atom is -0.481 e. The molecular formula is C20H32O5. The van der Waals surface area contributed by atoms with Gasteiger partial charge in [-0.15, -0.1) is 0 Å². The summed E-state index contributed by atoms with van der Waals surface area (Å²) >= 11 is 0. The summed E-state index contributed by atoms with van der Waals surface area (Å²) < 4.78 is 0. The van der Waals surface area contributed by atoms with Crippen molar-refractivity contribution in [3.8, 4) is 0 Å². The van der Waals surface area contributed by atoms with Crippen LogP contribution in [0.4, 0.5) is 0 Å². The van der Waals surface area contributed by atoms with E-state index in [1.165, 1.54) is 6.92 Å². The highest BCUT2D eigenvalue weighted by Gasteiger charge is 2.22. The lowest BCUT2D eigenvalue weighted by Crippen LogP contribution is -2.21. The molecular weight excluding hydrogens is 320 g/mol. The number of aliphatic hydroxyl groups is 1. The Morgan fingerprint density at radius 2 is 1.80 bits per heavy atom. The fourth-order valence-electron chi connectivity index (χ4n) is 2.56. The molecule has 5 nitrogen and oxygen atoms in total. The Morgan fingerprint density at radius 1 is 1.08 bits per heavy atom. The van der Waals surface area contributed by atoms with Gasteiger partial charge in [-0.3, -0.25) is 9.59 Å². The van der Waals surface area contributed by atoms with Crippen LogP contribution >= 0.6 is 0 Å². The van der Waals surface area contributed by atoms with Gasteiger partial charge in [0.2, 0.25) is 0 Å². The molecule has 0 amide bonds. The number of carbonyl (C=O) groups is 3. The van der Waals surface area contributed by atoms with Crippen LogP contribution in [0.15, 0.2) is 24.3 Å². The number of carbonyl (C=O) groups excluding carboxylic acids is 2. The van der Waals surface area contributed by atoms with Crippen molar-refractivity contribution in [1.82, 2.24) is 0 Å². The highest BCUT2D eigenvalue weighted by Crippen LogP contribution is 2.19. The van der Waals surface area contributed by atoms with E-state index in [2.05, 4.69) is 6.92 Å².